The number of hydrogen-bond acceptors (Lipinski definition) is 4. The summed E-state index contributed by atoms with van der Waals surface area (Å²) < 4.78 is 10.4. The molecule has 5 heteroatoms. The zero-order chi connectivity index (χ0) is 13.9. The van der Waals surface area contributed by atoms with E-state index in [0.717, 1.165) is 30.9 Å². The number of anilines is 2. The lowest BCUT2D eigenvalue weighted by molar-refractivity contribution is -0.114. The molecule has 0 aromatic heterocycles. The van der Waals surface area contributed by atoms with Gasteiger partial charge in [-0.3, -0.25) is 4.79 Å². The summed E-state index contributed by atoms with van der Waals surface area (Å²) in [5.74, 6) is -0.0707. The molecule has 0 spiro atoms. The van der Waals surface area contributed by atoms with Crippen LogP contribution in [0.4, 0.5) is 11.4 Å². The summed E-state index contributed by atoms with van der Waals surface area (Å²) in [5, 5.41) is 5.99. The van der Waals surface area contributed by atoms with Crippen LogP contribution in [0.2, 0.25) is 0 Å². The lowest BCUT2D eigenvalue weighted by Gasteiger charge is -2.09. The Morgan fingerprint density at radius 2 is 2.00 bits per heavy atom. The Morgan fingerprint density at radius 1 is 1.21 bits per heavy atom. The van der Waals surface area contributed by atoms with Crippen LogP contribution in [0.5, 0.6) is 0 Å². The van der Waals surface area contributed by atoms with Crippen LogP contribution in [0, 0.1) is 0 Å². The second-order valence-electron chi connectivity index (χ2n) is 4.15. The molecular weight excluding hydrogens is 244 g/mol. The van der Waals surface area contributed by atoms with Gasteiger partial charge in [0.1, 0.15) is 0 Å². The standard InChI is InChI=1S/C14H22N2O3/c1-12(17)16-14-6-3-5-13(11-14)15-7-10-19-9-4-8-18-2/h3,5-6,11,15H,4,7-10H2,1-2H3,(H,16,17). The van der Waals surface area contributed by atoms with Gasteiger partial charge in [-0.25, -0.2) is 0 Å². The maximum atomic E-state index is 10.9. The predicted molar refractivity (Wildman–Crippen MR) is 76.5 cm³/mol. The van der Waals surface area contributed by atoms with Crippen molar-refractivity contribution in [2.45, 2.75) is 13.3 Å². The Kier molecular flexibility index (Phi) is 7.62. The van der Waals surface area contributed by atoms with Crippen LogP contribution >= 0.6 is 0 Å². The number of amides is 1. The van der Waals surface area contributed by atoms with Gasteiger partial charge in [-0.1, -0.05) is 6.07 Å². The molecule has 0 radical (unpaired) electrons. The van der Waals surface area contributed by atoms with Gasteiger partial charge >= 0.3 is 0 Å². The molecule has 1 rings (SSSR count). The Morgan fingerprint density at radius 3 is 2.74 bits per heavy atom. The van der Waals surface area contributed by atoms with Crippen LogP contribution in [0.25, 0.3) is 0 Å². The zero-order valence-electron chi connectivity index (χ0n) is 11.6. The summed E-state index contributed by atoms with van der Waals surface area (Å²) >= 11 is 0. The van der Waals surface area contributed by atoms with Crippen molar-refractivity contribution >= 4 is 17.3 Å². The van der Waals surface area contributed by atoms with Crippen molar-refractivity contribution in [2.75, 3.05) is 44.1 Å². The van der Waals surface area contributed by atoms with E-state index >= 15 is 0 Å². The first-order valence-electron chi connectivity index (χ1n) is 6.40. The van der Waals surface area contributed by atoms with Crippen LogP contribution in [0.15, 0.2) is 24.3 Å². The van der Waals surface area contributed by atoms with E-state index in [4.69, 9.17) is 9.47 Å². The van der Waals surface area contributed by atoms with E-state index in [0.29, 0.717) is 13.2 Å². The highest BCUT2D eigenvalue weighted by atomic mass is 16.5. The lowest BCUT2D eigenvalue weighted by atomic mass is 10.2. The van der Waals surface area contributed by atoms with Crippen molar-refractivity contribution in [3.05, 3.63) is 24.3 Å². The summed E-state index contributed by atoms with van der Waals surface area (Å²) in [4.78, 5) is 10.9. The van der Waals surface area contributed by atoms with Crippen LogP contribution in [0.1, 0.15) is 13.3 Å². The minimum Gasteiger partial charge on any atom is -0.385 e. The topological polar surface area (TPSA) is 59.6 Å². The van der Waals surface area contributed by atoms with Gasteiger partial charge in [0.25, 0.3) is 0 Å². The number of methoxy groups -OCH3 is 1. The van der Waals surface area contributed by atoms with Crippen LogP contribution in [-0.2, 0) is 14.3 Å². The summed E-state index contributed by atoms with van der Waals surface area (Å²) in [7, 11) is 1.68. The second kappa shape index (κ2) is 9.35. The van der Waals surface area contributed by atoms with Crippen molar-refractivity contribution < 1.29 is 14.3 Å². The molecule has 0 saturated carbocycles. The number of ether oxygens (including phenoxy) is 2. The molecule has 2 N–H and O–H groups in total. The summed E-state index contributed by atoms with van der Waals surface area (Å²) in [6, 6.07) is 7.60. The first kappa shape index (κ1) is 15.5. The SMILES string of the molecule is COCCCOCCNc1cccc(NC(C)=O)c1. The maximum absolute atomic E-state index is 10.9. The molecule has 19 heavy (non-hydrogen) atoms. The Bertz CT molecular complexity index is 383. The Balaban J connectivity index is 2.20. The number of carbonyl (C=O) groups excluding carboxylic acids is 1. The minimum absolute atomic E-state index is 0.0707. The van der Waals surface area contributed by atoms with E-state index in [2.05, 4.69) is 10.6 Å². The molecule has 1 amide bonds. The van der Waals surface area contributed by atoms with E-state index in [1.54, 1.807) is 7.11 Å². The third kappa shape index (κ3) is 7.43. The number of rotatable bonds is 9. The van der Waals surface area contributed by atoms with Crippen LogP contribution < -0.4 is 10.6 Å². The highest BCUT2D eigenvalue weighted by Crippen LogP contribution is 2.14. The van der Waals surface area contributed by atoms with Gasteiger partial charge in [0.15, 0.2) is 0 Å². The molecule has 0 aliphatic rings. The molecule has 0 aliphatic heterocycles. The van der Waals surface area contributed by atoms with Crippen LogP contribution in [0.3, 0.4) is 0 Å². The van der Waals surface area contributed by atoms with E-state index < -0.39 is 0 Å². The fraction of sp³-hybridized carbons (Fsp3) is 0.500. The minimum atomic E-state index is -0.0707. The molecular formula is C14H22N2O3. The zero-order valence-corrected chi connectivity index (χ0v) is 11.6. The summed E-state index contributed by atoms with van der Waals surface area (Å²) in [6.07, 6.45) is 0.911. The van der Waals surface area contributed by atoms with Gasteiger partial charge in [-0.05, 0) is 24.6 Å². The molecule has 0 bridgehead atoms. The van der Waals surface area contributed by atoms with Crippen LogP contribution in [-0.4, -0.2) is 39.4 Å². The van der Waals surface area contributed by atoms with E-state index in [9.17, 15) is 4.79 Å². The average Bonchev–Trinajstić information content (AvgIpc) is 2.37. The van der Waals surface area contributed by atoms with E-state index in [1.165, 1.54) is 6.92 Å². The van der Waals surface area contributed by atoms with Crippen molar-refractivity contribution in [3.8, 4) is 0 Å². The fourth-order valence-corrected chi connectivity index (χ4v) is 1.59. The average molecular weight is 266 g/mol. The summed E-state index contributed by atoms with van der Waals surface area (Å²) in [6.45, 7) is 4.31. The van der Waals surface area contributed by atoms with Crippen molar-refractivity contribution in [1.82, 2.24) is 0 Å². The first-order chi connectivity index (χ1) is 9.22. The van der Waals surface area contributed by atoms with E-state index in [1.807, 2.05) is 24.3 Å². The third-order valence-corrected chi connectivity index (χ3v) is 2.40. The van der Waals surface area contributed by atoms with E-state index in [-0.39, 0.29) is 5.91 Å². The highest BCUT2D eigenvalue weighted by Gasteiger charge is 1.97. The quantitative estimate of drug-likeness (QED) is 0.672. The second-order valence-corrected chi connectivity index (χ2v) is 4.15. The normalized spacial score (nSPS) is 10.2. The van der Waals surface area contributed by atoms with Gasteiger partial charge in [-0.2, -0.15) is 0 Å². The van der Waals surface area contributed by atoms with Crippen molar-refractivity contribution in [2.24, 2.45) is 0 Å². The van der Waals surface area contributed by atoms with Gasteiger partial charge in [0.2, 0.25) is 5.91 Å². The smallest absolute Gasteiger partial charge is 0.221 e. The lowest BCUT2D eigenvalue weighted by Crippen LogP contribution is -2.11. The molecule has 0 atom stereocenters. The van der Waals surface area contributed by atoms with Crippen molar-refractivity contribution in [1.29, 1.82) is 0 Å². The molecule has 1 aromatic carbocycles. The number of hydrogen-bond donors (Lipinski definition) is 2. The van der Waals surface area contributed by atoms with Gasteiger partial charge in [-0.15, -0.1) is 0 Å². The van der Waals surface area contributed by atoms with Crippen molar-refractivity contribution in [3.63, 3.8) is 0 Å². The predicted octanol–water partition coefficient (Wildman–Crippen LogP) is 2.11. The molecule has 5 nitrogen and oxygen atoms in total. The third-order valence-electron chi connectivity index (χ3n) is 2.40. The number of benzene rings is 1. The largest absolute Gasteiger partial charge is 0.385 e. The molecule has 0 aliphatic carbocycles. The Hall–Kier alpha value is -1.59. The molecule has 1 aromatic rings. The Labute approximate surface area is 114 Å². The fourth-order valence-electron chi connectivity index (χ4n) is 1.59. The molecule has 0 heterocycles. The number of carbonyl (C=O) groups is 1. The molecule has 0 fully saturated rings. The van der Waals surface area contributed by atoms with Gasteiger partial charge < -0.3 is 20.1 Å². The maximum Gasteiger partial charge on any atom is 0.221 e. The molecule has 106 valence electrons. The number of nitrogens with one attached hydrogen (secondary N) is 2. The highest BCUT2D eigenvalue weighted by molar-refractivity contribution is 5.89. The molecule has 0 unspecified atom stereocenters. The first-order valence-corrected chi connectivity index (χ1v) is 6.40. The summed E-state index contributed by atoms with van der Waals surface area (Å²) in [5.41, 5.74) is 1.75. The monoisotopic (exact) mass is 266 g/mol. The van der Waals surface area contributed by atoms with Gasteiger partial charge in [0, 0.05) is 45.2 Å². The molecule has 0 saturated heterocycles. The van der Waals surface area contributed by atoms with Gasteiger partial charge in [0.05, 0.1) is 6.61 Å².